The van der Waals surface area contributed by atoms with Crippen LogP contribution < -0.4 is 0 Å². The van der Waals surface area contributed by atoms with Crippen LogP contribution in [0.5, 0.6) is 0 Å². The highest BCUT2D eigenvalue weighted by atomic mass is 16.4. The lowest BCUT2D eigenvalue weighted by atomic mass is 9.47. The van der Waals surface area contributed by atoms with E-state index in [2.05, 4.69) is 47.6 Å². The lowest BCUT2D eigenvalue weighted by molar-refractivity contribution is -0.160. The third-order valence-corrected chi connectivity index (χ3v) is 10.4. The lowest BCUT2D eigenvalue weighted by Gasteiger charge is -2.57. The van der Waals surface area contributed by atoms with Crippen molar-refractivity contribution in [3.63, 3.8) is 0 Å². The van der Waals surface area contributed by atoms with Gasteiger partial charge in [0.25, 0.3) is 0 Å². The van der Waals surface area contributed by atoms with Crippen LogP contribution in [-0.2, 0) is 4.79 Å². The molecule has 0 radical (unpaired) electrons. The van der Waals surface area contributed by atoms with Crippen LogP contribution in [-0.4, -0.2) is 22.3 Å². The van der Waals surface area contributed by atoms with Gasteiger partial charge in [-0.2, -0.15) is 0 Å². The summed E-state index contributed by atoms with van der Waals surface area (Å²) in [6.07, 6.45) is 15.0. The quantitative estimate of drug-likeness (QED) is 0.358. The monoisotopic (exact) mass is 446 g/mol. The molecule has 0 aliphatic heterocycles. The molecule has 2 unspecified atom stereocenters. The molecule has 0 bridgehead atoms. The zero-order chi connectivity index (χ0) is 23.7. The summed E-state index contributed by atoms with van der Waals surface area (Å²) in [5, 5.41) is 21.1. The number of fused-ring (bicyclic) bond motifs is 3. The molecular weight excluding hydrogens is 396 g/mol. The summed E-state index contributed by atoms with van der Waals surface area (Å²) in [6.45, 7) is 13.7. The van der Waals surface area contributed by atoms with Crippen LogP contribution in [0.3, 0.4) is 0 Å². The predicted molar refractivity (Wildman–Crippen MR) is 132 cm³/mol. The van der Waals surface area contributed by atoms with Crippen LogP contribution in [0.15, 0.2) is 11.6 Å². The van der Waals surface area contributed by atoms with E-state index in [-0.39, 0.29) is 22.9 Å². The van der Waals surface area contributed by atoms with Gasteiger partial charge in [0.05, 0.1) is 11.5 Å². The summed E-state index contributed by atoms with van der Waals surface area (Å²) in [5.74, 6) is 1.37. The summed E-state index contributed by atoms with van der Waals surface area (Å²) < 4.78 is 0. The minimum absolute atomic E-state index is 0.0255. The summed E-state index contributed by atoms with van der Waals surface area (Å²) in [5.41, 5.74) is 1.12. The fourth-order valence-electron chi connectivity index (χ4n) is 7.79. The molecule has 3 aliphatic rings. The van der Waals surface area contributed by atoms with Gasteiger partial charge in [0.1, 0.15) is 0 Å². The van der Waals surface area contributed by atoms with E-state index in [0.717, 1.165) is 44.9 Å². The molecule has 2 N–H and O–H groups in total. The molecule has 7 atom stereocenters. The van der Waals surface area contributed by atoms with E-state index >= 15 is 0 Å². The molecule has 3 heteroatoms. The Kier molecular flexibility index (Phi) is 7.90. The van der Waals surface area contributed by atoms with Gasteiger partial charge in [-0.15, -0.1) is 0 Å². The Balaban J connectivity index is 1.64. The van der Waals surface area contributed by atoms with Gasteiger partial charge in [-0.25, -0.2) is 0 Å². The molecule has 2 fully saturated rings. The Labute approximate surface area is 197 Å². The van der Waals surface area contributed by atoms with Crippen molar-refractivity contribution in [1.82, 2.24) is 0 Å². The van der Waals surface area contributed by atoms with Crippen LogP contribution in [0, 0.1) is 39.9 Å². The molecule has 3 aliphatic carbocycles. The number of aliphatic carboxylic acids is 1. The van der Waals surface area contributed by atoms with E-state index in [1.165, 1.54) is 37.7 Å². The third kappa shape index (κ3) is 4.70. The standard InChI is InChI=1S/C29H50O3/c1-7-10-21(3)27(4,5)24(30)13-8-12-22-14-15-23-25-20(2)11-9-16-29(25,26(31)32)18-17-28(23,6)19-22/h15,20-22,24-25,30H,7-14,16-19H2,1-6H3,(H,31,32)/t20-,21?,22?,24-,25-,28-,29-/m0/s1. The summed E-state index contributed by atoms with van der Waals surface area (Å²) in [6, 6.07) is 0. The maximum absolute atomic E-state index is 12.4. The molecule has 0 heterocycles. The van der Waals surface area contributed by atoms with Crippen molar-refractivity contribution >= 4 is 5.97 Å². The number of aliphatic hydroxyl groups is 1. The first-order chi connectivity index (χ1) is 15.0. The second-order valence-electron chi connectivity index (χ2n) is 12.8. The van der Waals surface area contributed by atoms with Gasteiger partial charge in [0, 0.05) is 0 Å². The van der Waals surface area contributed by atoms with Crippen molar-refractivity contribution < 1.29 is 15.0 Å². The minimum Gasteiger partial charge on any atom is -0.481 e. The number of hydrogen-bond acceptors (Lipinski definition) is 2. The summed E-state index contributed by atoms with van der Waals surface area (Å²) >= 11 is 0. The molecule has 184 valence electrons. The third-order valence-electron chi connectivity index (χ3n) is 10.4. The highest BCUT2D eigenvalue weighted by Crippen LogP contribution is 2.63. The highest BCUT2D eigenvalue weighted by molar-refractivity contribution is 5.76. The Morgan fingerprint density at radius 1 is 1.25 bits per heavy atom. The first kappa shape index (κ1) is 25.8. The maximum Gasteiger partial charge on any atom is 0.310 e. The van der Waals surface area contributed by atoms with Gasteiger partial charge in [0.2, 0.25) is 0 Å². The van der Waals surface area contributed by atoms with E-state index in [0.29, 0.717) is 17.8 Å². The first-order valence-electron chi connectivity index (χ1n) is 13.6. The van der Waals surface area contributed by atoms with E-state index in [1.807, 2.05) is 0 Å². The van der Waals surface area contributed by atoms with Gasteiger partial charge in [-0.3, -0.25) is 4.79 Å². The molecule has 0 spiro atoms. The second kappa shape index (κ2) is 9.80. The van der Waals surface area contributed by atoms with Crippen molar-refractivity contribution in [2.75, 3.05) is 0 Å². The summed E-state index contributed by atoms with van der Waals surface area (Å²) in [7, 11) is 0. The zero-order valence-electron chi connectivity index (χ0n) is 21.8. The van der Waals surface area contributed by atoms with E-state index < -0.39 is 11.4 Å². The molecule has 0 aromatic heterocycles. The molecule has 2 saturated carbocycles. The van der Waals surface area contributed by atoms with Gasteiger partial charge >= 0.3 is 5.97 Å². The first-order valence-corrected chi connectivity index (χ1v) is 13.6. The molecule has 32 heavy (non-hydrogen) atoms. The largest absolute Gasteiger partial charge is 0.481 e. The lowest BCUT2D eigenvalue weighted by Crippen LogP contribution is -2.52. The zero-order valence-corrected chi connectivity index (χ0v) is 21.8. The average molecular weight is 447 g/mol. The Hall–Kier alpha value is -0.830. The van der Waals surface area contributed by atoms with Crippen LogP contribution >= 0.6 is 0 Å². The fraction of sp³-hybridized carbons (Fsp3) is 0.897. The molecule has 0 saturated heterocycles. The molecule has 3 nitrogen and oxygen atoms in total. The Bertz CT molecular complexity index is 695. The SMILES string of the molecule is CCCC(C)C(C)(C)[C@@H](O)CCCC1CC=C2[C@@H]3[C@@H](C)CCC[C@]3(C(=O)O)CC[C@@]2(C)C1. The number of aliphatic hydroxyl groups excluding tert-OH is 1. The van der Waals surface area contributed by atoms with Crippen LogP contribution in [0.2, 0.25) is 0 Å². The number of carboxylic acid groups (broad SMARTS) is 1. The predicted octanol–water partition coefficient (Wildman–Crippen LogP) is 7.62. The molecule has 0 aromatic carbocycles. The van der Waals surface area contributed by atoms with E-state index in [4.69, 9.17) is 0 Å². The van der Waals surface area contributed by atoms with Crippen LogP contribution in [0.4, 0.5) is 0 Å². The average Bonchev–Trinajstić information content (AvgIpc) is 2.73. The normalized spacial score (nSPS) is 37.1. The van der Waals surface area contributed by atoms with Crippen LogP contribution in [0.1, 0.15) is 119 Å². The minimum atomic E-state index is -0.548. The smallest absolute Gasteiger partial charge is 0.310 e. The van der Waals surface area contributed by atoms with Crippen molar-refractivity contribution in [3.05, 3.63) is 11.6 Å². The highest BCUT2D eigenvalue weighted by Gasteiger charge is 2.58. The van der Waals surface area contributed by atoms with Crippen molar-refractivity contribution in [2.24, 2.45) is 39.9 Å². The Morgan fingerprint density at radius 2 is 1.97 bits per heavy atom. The molecule has 3 rings (SSSR count). The van der Waals surface area contributed by atoms with Gasteiger partial charge in [-0.05, 0) is 73.0 Å². The Morgan fingerprint density at radius 3 is 2.62 bits per heavy atom. The number of hydrogen-bond donors (Lipinski definition) is 2. The van der Waals surface area contributed by atoms with Gasteiger partial charge in [-0.1, -0.05) is 91.7 Å². The van der Waals surface area contributed by atoms with Gasteiger partial charge < -0.3 is 10.2 Å². The maximum atomic E-state index is 12.4. The molecular formula is C29H50O3. The van der Waals surface area contributed by atoms with Crippen molar-refractivity contribution in [1.29, 1.82) is 0 Å². The second-order valence-corrected chi connectivity index (χ2v) is 12.8. The summed E-state index contributed by atoms with van der Waals surface area (Å²) in [4.78, 5) is 12.4. The number of rotatable bonds is 9. The topological polar surface area (TPSA) is 57.5 Å². The van der Waals surface area contributed by atoms with Crippen LogP contribution in [0.25, 0.3) is 0 Å². The molecule has 0 amide bonds. The van der Waals surface area contributed by atoms with E-state index in [9.17, 15) is 15.0 Å². The number of carboxylic acids is 1. The number of carbonyl (C=O) groups is 1. The molecule has 0 aromatic rings. The van der Waals surface area contributed by atoms with E-state index in [1.54, 1.807) is 0 Å². The van der Waals surface area contributed by atoms with Crippen molar-refractivity contribution in [2.45, 2.75) is 125 Å². The van der Waals surface area contributed by atoms with Gasteiger partial charge in [0.15, 0.2) is 0 Å². The number of allylic oxidation sites excluding steroid dienone is 2. The van der Waals surface area contributed by atoms with Crippen molar-refractivity contribution in [3.8, 4) is 0 Å². The fourth-order valence-corrected chi connectivity index (χ4v) is 7.79.